The van der Waals surface area contributed by atoms with E-state index in [-0.39, 0.29) is 16.0 Å². The van der Waals surface area contributed by atoms with Crippen molar-refractivity contribution in [2.75, 3.05) is 0 Å². The molecular weight excluding hydrogens is 390 g/mol. The molecule has 1 heterocycles. The highest BCUT2D eigenvalue weighted by molar-refractivity contribution is 7.86. The summed E-state index contributed by atoms with van der Waals surface area (Å²) >= 11 is 0. The zero-order valence-corrected chi connectivity index (χ0v) is 15.7. The zero-order valence-electron chi connectivity index (χ0n) is 14.9. The molecule has 0 fully saturated rings. The van der Waals surface area contributed by atoms with Crippen LogP contribution in [0.2, 0.25) is 0 Å². The summed E-state index contributed by atoms with van der Waals surface area (Å²) in [6.07, 6.45) is 0. The third kappa shape index (κ3) is 2.71. The van der Waals surface area contributed by atoms with Gasteiger partial charge in [-0.15, -0.1) is 9.35 Å². The van der Waals surface area contributed by atoms with Gasteiger partial charge >= 0.3 is 10.1 Å². The van der Waals surface area contributed by atoms with Crippen molar-refractivity contribution in [2.24, 2.45) is 0 Å². The molecule has 4 aromatic carbocycles. The lowest BCUT2D eigenvalue weighted by atomic mass is 9.95. The number of hydrogen-bond donors (Lipinski definition) is 0. The van der Waals surface area contributed by atoms with Crippen molar-refractivity contribution in [1.29, 1.82) is 0 Å². The smallest absolute Gasteiger partial charge is 0.266 e. The molecule has 29 heavy (non-hydrogen) atoms. The van der Waals surface area contributed by atoms with Crippen LogP contribution < -0.4 is 0 Å². The molecule has 0 N–H and O–H groups in total. The van der Waals surface area contributed by atoms with Crippen LogP contribution in [0.3, 0.4) is 0 Å². The Kier molecular flexibility index (Phi) is 3.77. The molecule has 1 aliphatic rings. The first-order valence-electron chi connectivity index (χ1n) is 8.80. The van der Waals surface area contributed by atoms with Crippen LogP contribution in [-0.4, -0.2) is 25.3 Å². The first-order chi connectivity index (χ1) is 14.0. The molecule has 0 atom stereocenters. The third-order valence-electron chi connectivity index (χ3n) is 4.92. The Hall–Kier alpha value is -3.55. The molecule has 0 spiro atoms. The van der Waals surface area contributed by atoms with Crippen molar-refractivity contribution in [3.8, 4) is 0 Å². The molecule has 7 heteroatoms. The first kappa shape index (κ1) is 17.5. The van der Waals surface area contributed by atoms with Gasteiger partial charge in [-0.25, -0.2) is 0 Å². The van der Waals surface area contributed by atoms with E-state index in [1.807, 2.05) is 12.1 Å². The third-order valence-corrected chi connectivity index (χ3v) is 6.09. The lowest BCUT2D eigenvalue weighted by molar-refractivity contribution is -0.0155. The quantitative estimate of drug-likeness (QED) is 0.485. The van der Waals surface area contributed by atoms with Crippen LogP contribution in [-0.2, 0) is 14.4 Å². The van der Waals surface area contributed by atoms with Crippen LogP contribution in [0.25, 0.3) is 21.5 Å². The standard InChI is InChI=1S/C22H13NO5S/c24-21-18-9-3-7-15-8-4-10-19(20(15)18)22(25)23(21)28-29(26,27)17-12-11-14-5-1-2-6-16(14)13-17/h1-13H. The Balaban J connectivity index is 1.57. The van der Waals surface area contributed by atoms with Gasteiger partial charge in [-0.3, -0.25) is 9.59 Å². The van der Waals surface area contributed by atoms with Crippen molar-refractivity contribution < 1.29 is 22.3 Å². The van der Waals surface area contributed by atoms with E-state index in [2.05, 4.69) is 0 Å². The summed E-state index contributed by atoms with van der Waals surface area (Å²) < 4.78 is 30.7. The van der Waals surface area contributed by atoms with Crippen LogP contribution >= 0.6 is 0 Å². The number of carbonyl (C=O) groups is 2. The van der Waals surface area contributed by atoms with Gasteiger partial charge in [-0.05, 0) is 40.4 Å². The highest BCUT2D eigenvalue weighted by atomic mass is 32.2. The highest BCUT2D eigenvalue weighted by Gasteiger charge is 2.37. The number of nitrogens with zero attached hydrogens (tertiary/aromatic N) is 1. The second-order valence-electron chi connectivity index (χ2n) is 6.65. The summed E-state index contributed by atoms with van der Waals surface area (Å²) in [6, 6.07) is 21.7. The molecule has 6 nitrogen and oxygen atoms in total. The second-order valence-corrected chi connectivity index (χ2v) is 8.18. The molecule has 1 aliphatic heterocycles. The molecular formula is C22H13NO5S. The molecule has 0 unspecified atom stereocenters. The highest BCUT2D eigenvalue weighted by Crippen LogP contribution is 2.31. The van der Waals surface area contributed by atoms with Crippen LogP contribution in [0.1, 0.15) is 20.7 Å². The SMILES string of the molecule is O=C1c2cccc3cccc(c23)C(=O)N1OS(=O)(=O)c1ccc2ccccc2c1. The number of amides is 2. The maximum atomic E-state index is 12.9. The van der Waals surface area contributed by atoms with Gasteiger partial charge in [0.15, 0.2) is 0 Å². The van der Waals surface area contributed by atoms with E-state index >= 15 is 0 Å². The number of carbonyl (C=O) groups excluding carboxylic acids is 2. The number of imide groups is 1. The summed E-state index contributed by atoms with van der Waals surface area (Å²) in [5, 5.41) is 3.09. The molecule has 0 aromatic heterocycles. The van der Waals surface area contributed by atoms with Crippen molar-refractivity contribution in [3.05, 3.63) is 90.0 Å². The van der Waals surface area contributed by atoms with Gasteiger partial charge in [-0.1, -0.05) is 54.6 Å². The Bertz CT molecular complexity index is 1390. The number of rotatable bonds is 3. The Morgan fingerprint density at radius 2 is 1.24 bits per heavy atom. The van der Waals surface area contributed by atoms with Crippen LogP contribution in [0, 0.1) is 0 Å². The minimum atomic E-state index is -4.40. The van der Waals surface area contributed by atoms with Crippen molar-refractivity contribution in [1.82, 2.24) is 5.06 Å². The van der Waals surface area contributed by atoms with E-state index in [4.69, 9.17) is 4.28 Å². The molecule has 142 valence electrons. The molecule has 4 aromatic rings. The van der Waals surface area contributed by atoms with Gasteiger partial charge in [0.1, 0.15) is 0 Å². The number of benzene rings is 4. The summed E-state index contributed by atoms with van der Waals surface area (Å²) in [5.41, 5.74) is 0.429. The van der Waals surface area contributed by atoms with Crippen LogP contribution in [0.4, 0.5) is 0 Å². The van der Waals surface area contributed by atoms with Crippen LogP contribution in [0.5, 0.6) is 0 Å². The fourth-order valence-electron chi connectivity index (χ4n) is 3.54. The van der Waals surface area contributed by atoms with E-state index in [1.54, 1.807) is 54.6 Å². The van der Waals surface area contributed by atoms with E-state index in [0.29, 0.717) is 15.8 Å². The van der Waals surface area contributed by atoms with E-state index < -0.39 is 21.9 Å². The maximum Gasteiger partial charge on any atom is 0.318 e. The van der Waals surface area contributed by atoms with Gasteiger partial charge < -0.3 is 0 Å². The molecule has 2 amide bonds. The topological polar surface area (TPSA) is 80.8 Å². The molecule has 0 saturated carbocycles. The van der Waals surface area contributed by atoms with Gasteiger partial charge in [0.05, 0.1) is 16.0 Å². The summed E-state index contributed by atoms with van der Waals surface area (Å²) in [7, 11) is -4.40. The minimum Gasteiger partial charge on any atom is -0.266 e. The normalized spacial score (nSPS) is 14.0. The van der Waals surface area contributed by atoms with E-state index in [9.17, 15) is 18.0 Å². The summed E-state index contributed by atoms with van der Waals surface area (Å²) in [6.45, 7) is 0. The van der Waals surface area contributed by atoms with E-state index in [1.165, 1.54) is 12.1 Å². The average molecular weight is 403 g/mol. The molecule has 0 aliphatic carbocycles. The summed E-state index contributed by atoms with van der Waals surface area (Å²) in [4.78, 5) is 25.6. The number of fused-ring (bicyclic) bond motifs is 1. The van der Waals surface area contributed by atoms with Crippen LogP contribution in [0.15, 0.2) is 83.8 Å². The Morgan fingerprint density at radius 3 is 1.90 bits per heavy atom. The van der Waals surface area contributed by atoms with E-state index in [0.717, 1.165) is 10.8 Å². The lowest BCUT2D eigenvalue weighted by Gasteiger charge is -2.25. The predicted octanol–water partition coefficient (Wildman–Crippen LogP) is 3.91. The fraction of sp³-hybridized carbons (Fsp3) is 0. The fourth-order valence-corrected chi connectivity index (χ4v) is 4.46. The van der Waals surface area contributed by atoms with Crippen molar-refractivity contribution in [3.63, 3.8) is 0 Å². The summed E-state index contributed by atoms with van der Waals surface area (Å²) in [5.74, 6) is -1.63. The molecule has 0 saturated heterocycles. The average Bonchev–Trinajstić information content (AvgIpc) is 2.74. The van der Waals surface area contributed by atoms with Gasteiger partial charge in [0.25, 0.3) is 11.8 Å². The predicted molar refractivity (Wildman–Crippen MR) is 107 cm³/mol. The van der Waals surface area contributed by atoms with Gasteiger partial charge in [0, 0.05) is 5.39 Å². The monoisotopic (exact) mass is 403 g/mol. The first-order valence-corrected chi connectivity index (χ1v) is 10.2. The largest absolute Gasteiger partial charge is 0.318 e. The Morgan fingerprint density at radius 1 is 0.655 bits per heavy atom. The van der Waals surface area contributed by atoms with Crippen molar-refractivity contribution in [2.45, 2.75) is 4.90 Å². The zero-order chi connectivity index (χ0) is 20.2. The van der Waals surface area contributed by atoms with Gasteiger partial charge in [-0.2, -0.15) is 8.42 Å². The molecule has 5 rings (SSSR count). The Labute approximate surface area is 166 Å². The van der Waals surface area contributed by atoms with Crippen molar-refractivity contribution >= 4 is 43.5 Å². The lowest BCUT2D eigenvalue weighted by Crippen LogP contribution is -2.41. The number of hydroxylamine groups is 2. The maximum absolute atomic E-state index is 12.9. The molecule has 0 bridgehead atoms. The van der Waals surface area contributed by atoms with Gasteiger partial charge in [0.2, 0.25) is 0 Å². The second kappa shape index (κ2) is 6.23. The minimum absolute atomic E-state index is 0.145. The molecule has 0 radical (unpaired) electrons. The number of hydrogen-bond acceptors (Lipinski definition) is 5.